The lowest BCUT2D eigenvalue weighted by atomic mass is 10.1. The number of aromatic nitrogens is 2. The van der Waals surface area contributed by atoms with Crippen LogP contribution in [0.1, 0.15) is 18.9 Å². The van der Waals surface area contributed by atoms with E-state index in [1.54, 1.807) is 6.20 Å². The topological polar surface area (TPSA) is 87.5 Å². The second-order valence-corrected chi connectivity index (χ2v) is 4.58. The van der Waals surface area contributed by atoms with Gasteiger partial charge in [-0.05, 0) is 6.92 Å². The van der Waals surface area contributed by atoms with Crippen molar-refractivity contribution in [3.8, 4) is 0 Å². The first kappa shape index (κ1) is 13.5. The van der Waals surface area contributed by atoms with Gasteiger partial charge in [-0.1, -0.05) is 0 Å². The summed E-state index contributed by atoms with van der Waals surface area (Å²) < 4.78 is 1.81. The Morgan fingerprint density at radius 1 is 1.63 bits per heavy atom. The number of amides is 1. The molecule has 0 aliphatic carbocycles. The Bertz CT molecular complexity index is 471. The number of aliphatic carboxylic acids is 1. The van der Waals surface area contributed by atoms with Crippen molar-refractivity contribution in [1.29, 1.82) is 0 Å². The molecule has 0 aromatic carbocycles. The molecule has 2 rings (SSSR count). The van der Waals surface area contributed by atoms with E-state index in [-0.39, 0.29) is 12.3 Å². The third-order valence-electron chi connectivity index (χ3n) is 3.21. The second kappa shape index (κ2) is 5.83. The minimum Gasteiger partial charge on any atom is -0.481 e. The van der Waals surface area contributed by atoms with Crippen molar-refractivity contribution < 1.29 is 14.7 Å². The molecule has 1 fully saturated rings. The molecule has 0 radical (unpaired) electrons. The van der Waals surface area contributed by atoms with E-state index in [2.05, 4.69) is 10.4 Å². The van der Waals surface area contributed by atoms with Crippen LogP contribution in [0.25, 0.3) is 0 Å². The van der Waals surface area contributed by atoms with Crippen LogP contribution >= 0.6 is 0 Å². The number of aryl methyl sites for hydroxylation is 1. The van der Waals surface area contributed by atoms with Gasteiger partial charge >= 0.3 is 5.97 Å². The Kier molecular flexibility index (Phi) is 4.16. The van der Waals surface area contributed by atoms with Crippen LogP contribution in [0.4, 0.5) is 0 Å². The molecule has 1 amide bonds. The number of hydrogen-bond acceptors (Lipinski definition) is 4. The van der Waals surface area contributed by atoms with Crippen molar-refractivity contribution in [2.75, 3.05) is 13.1 Å². The number of nitrogens with one attached hydrogen (secondary N) is 1. The first-order valence-corrected chi connectivity index (χ1v) is 6.35. The molecule has 19 heavy (non-hydrogen) atoms. The molecule has 1 aliphatic rings. The Morgan fingerprint density at radius 2 is 2.42 bits per heavy atom. The van der Waals surface area contributed by atoms with Crippen LogP contribution in [-0.4, -0.2) is 50.8 Å². The van der Waals surface area contributed by atoms with Crippen LogP contribution in [0, 0.1) is 0 Å². The number of nitrogens with zero attached hydrogens (tertiary/aromatic N) is 3. The van der Waals surface area contributed by atoms with Crippen LogP contribution in [0.15, 0.2) is 12.4 Å². The second-order valence-electron chi connectivity index (χ2n) is 4.58. The third kappa shape index (κ3) is 3.31. The Labute approximate surface area is 111 Å². The van der Waals surface area contributed by atoms with Gasteiger partial charge in [-0.3, -0.25) is 19.2 Å². The summed E-state index contributed by atoms with van der Waals surface area (Å²) in [7, 11) is 0. The SMILES string of the molecule is CCn1cc(CN2CCNC(=O)C2CC(=O)O)cn1. The third-order valence-corrected chi connectivity index (χ3v) is 3.21. The van der Waals surface area contributed by atoms with Crippen LogP contribution in [-0.2, 0) is 22.7 Å². The van der Waals surface area contributed by atoms with Crippen molar-refractivity contribution in [2.24, 2.45) is 0 Å². The van der Waals surface area contributed by atoms with Gasteiger partial charge in [0.25, 0.3) is 0 Å². The number of piperazine rings is 1. The van der Waals surface area contributed by atoms with Gasteiger partial charge in [-0.2, -0.15) is 5.10 Å². The number of carbonyl (C=O) groups is 2. The minimum absolute atomic E-state index is 0.173. The van der Waals surface area contributed by atoms with E-state index in [0.717, 1.165) is 12.1 Å². The number of hydrogen-bond donors (Lipinski definition) is 2. The van der Waals surface area contributed by atoms with Crippen LogP contribution in [0.5, 0.6) is 0 Å². The van der Waals surface area contributed by atoms with Crippen molar-refractivity contribution in [2.45, 2.75) is 32.5 Å². The average Bonchev–Trinajstić information content (AvgIpc) is 2.81. The molecule has 2 N–H and O–H groups in total. The van der Waals surface area contributed by atoms with Crippen molar-refractivity contribution in [3.05, 3.63) is 18.0 Å². The number of carboxylic acids is 1. The molecular weight excluding hydrogens is 248 g/mol. The summed E-state index contributed by atoms with van der Waals surface area (Å²) in [5, 5.41) is 15.8. The largest absolute Gasteiger partial charge is 0.481 e. The molecule has 7 heteroatoms. The van der Waals surface area contributed by atoms with Gasteiger partial charge in [0.15, 0.2) is 0 Å². The lowest BCUT2D eigenvalue weighted by Crippen LogP contribution is -2.55. The molecule has 1 aliphatic heterocycles. The molecule has 0 bridgehead atoms. The van der Waals surface area contributed by atoms with E-state index in [4.69, 9.17) is 5.11 Å². The maximum Gasteiger partial charge on any atom is 0.305 e. The zero-order chi connectivity index (χ0) is 13.8. The van der Waals surface area contributed by atoms with Crippen molar-refractivity contribution in [1.82, 2.24) is 20.0 Å². The average molecular weight is 266 g/mol. The highest BCUT2D eigenvalue weighted by molar-refractivity contribution is 5.86. The molecule has 0 spiro atoms. The van der Waals surface area contributed by atoms with Gasteiger partial charge in [-0.25, -0.2) is 0 Å². The normalized spacial score (nSPS) is 20.3. The fraction of sp³-hybridized carbons (Fsp3) is 0.583. The Hall–Kier alpha value is -1.89. The van der Waals surface area contributed by atoms with Gasteiger partial charge in [0.05, 0.1) is 12.6 Å². The molecule has 1 unspecified atom stereocenters. The molecule has 1 aromatic rings. The van der Waals surface area contributed by atoms with E-state index in [1.165, 1.54) is 0 Å². The van der Waals surface area contributed by atoms with Gasteiger partial charge in [0, 0.05) is 37.9 Å². The summed E-state index contributed by atoms with van der Waals surface area (Å²) in [6.45, 7) is 4.54. The molecule has 1 aromatic heterocycles. The maximum atomic E-state index is 11.8. The summed E-state index contributed by atoms with van der Waals surface area (Å²) in [5.41, 5.74) is 0.993. The monoisotopic (exact) mass is 266 g/mol. The lowest BCUT2D eigenvalue weighted by molar-refractivity contribution is -0.143. The summed E-state index contributed by atoms with van der Waals surface area (Å²) in [4.78, 5) is 24.5. The summed E-state index contributed by atoms with van der Waals surface area (Å²) in [5.74, 6) is -1.17. The van der Waals surface area contributed by atoms with Crippen LogP contribution in [0.3, 0.4) is 0 Å². The van der Waals surface area contributed by atoms with Gasteiger partial charge in [-0.15, -0.1) is 0 Å². The predicted octanol–water partition coefficient (Wildman–Crippen LogP) is -0.322. The molecule has 1 atom stereocenters. The first-order chi connectivity index (χ1) is 9.10. The maximum absolute atomic E-state index is 11.8. The van der Waals surface area contributed by atoms with Crippen molar-refractivity contribution in [3.63, 3.8) is 0 Å². The van der Waals surface area contributed by atoms with E-state index in [0.29, 0.717) is 19.6 Å². The Balaban J connectivity index is 2.06. The molecule has 7 nitrogen and oxygen atoms in total. The van der Waals surface area contributed by atoms with Gasteiger partial charge < -0.3 is 10.4 Å². The highest BCUT2D eigenvalue weighted by Crippen LogP contribution is 2.13. The first-order valence-electron chi connectivity index (χ1n) is 6.35. The number of carbonyl (C=O) groups excluding carboxylic acids is 1. The van der Waals surface area contributed by atoms with Gasteiger partial charge in [0.2, 0.25) is 5.91 Å². The highest BCUT2D eigenvalue weighted by atomic mass is 16.4. The number of rotatable bonds is 5. The zero-order valence-electron chi connectivity index (χ0n) is 10.9. The summed E-state index contributed by atoms with van der Waals surface area (Å²) in [6, 6.07) is -0.601. The van der Waals surface area contributed by atoms with Crippen LogP contribution in [0.2, 0.25) is 0 Å². The van der Waals surface area contributed by atoms with Gasteiger partial charge in [0.1, 0.15) is 6.04 Å². The molecule has 104 valence electrons. The van der Waals surface area contributed by atoms with Crippen molar-refractivity contribution >= 4 is 11.9 Å². The molecule has 2 heterocycles. The van der Waals surface area contributed by atoms with E-state index in [9.17, 15) is 9.59 Å². The number of carboxylic acid groups (broad SMARTS) is 1. The smallest absolute Gasteiger partial charge is 0.305 e. The predicted molar refractivity (Wildman–Crippen MR) is 67.4 cm³/mol. The molecule has 0 saturated carbocycles. The quantitative estimate of drug-likeness (QED) is 0.762. The van der Waals surface area contributed by atoms with Crippen LogP contribution < -0.4 is 5.32 Å². The highest BCUT2D eigenvalue weighted by Gasteiger charge is 2.31. The van der Waals surface area contributed by atoms with E-state index >= 15 is 0 Å². The fourth-order valence-electron chi connectivity index (χ4n) is 2.23. The Morgan fingerprint density at radius 3 is 3.05 bits per heavy atom. The summed E-state index contributed by atoms with van der Waals surface area (Å²) in [6.07, 6.45) is 3.51. The standard InChI is InChI=1S/C12H18N4O3/c1-2-16-8-9(6-14-16)7-15-4-3-13-12(19)10(15)5-11(17)18/h6,8,10H,2-5,7H2,1H3,(H,13,19)(H,17,18). The summed E-state index contributed by atoms with van der Waals surface area (Å²) >= 11 is 0. The minimum atomic E-state index is -0.962. The lowest BCUT2D eigenvalue weighted by Gasteiger charge is -2.33. The van der Waals surface area contributed by atoms with E-state index in [1.807, 2.05) is 22.7 Å². The fourth-order valence-corrected chi connectivity index (χ4v) is 2.23. The zero-order valence-corrected chi connectivity index (χ0v) is 10.9. The molecular formula is C12H18N4O3. The van der Waals surface area contributed by atoms with E-state index < -0.39 is 12.0 Å². The molecule has 1 saturated heterocycles.